The van der Waals surface area contributed by atoms with Crippen molar-refractivity contribution in [3.63, 3.8) is 0 Å². The second-order valence-electron chi connectivity index (χ2n) is 24.2. The Balaban J connectivity index is 0.000000117. The number of nitrogens with one attached hydrogen (secondary N) is 3. The van der Waals surface area contributed by atoms with E-state index in [0.29, 0.717) is 47.5 Å². The van der Waals surface area contributed by atoms with Crippen LogP contribution in [-0.2, 0) is 30.2 Å². The number of imidazole rings is 2. The van der Waals surface area contributed by atoms with Crippen LogP contribution in [0.15, 0.2) is 172 Å². The molecule has 3 N–H and O–H groups in total. The third-order valence-corrected chi connectivity index (χ3v) is 18.2. The summed E-state index contributed by atoms with van der Waals surface area (Å²) in [6.07, 6.45) is 23.1. The van der Waals surface area contributed by atoms with E-state index in [1.54, 1.807) is 11.1 Å². The van der Waals surface area contributed by atoms with Crippen LogP contribution < -0.4 is 10.2 Å². The molecule has 6 aliphatic rings. The summed E-state index contributed by atoms with van der Waals surface area (Å²) < 4.78 is 87.6. The van der Waals surface area contributed by atoms with Gasteiger partial charge in [-0.25, -0.2) is 44.7 Å². The van der Waals surface area contributed by atoms with Crippen LogP contribution in [-0.4, -0.2) is 168 Å². The molecule has 0 spiro atoms. The number of hydrogen-bond acceptors (Lipinski definition) is 18. The van der Waals surface area contributed by atoms with Gasteiger partial charge in [-0.1, -0.05) is 72.3 Å². The number of aromatic nitrogens is 16. The molecule has 504 valence electrons. The lowest BCUT2D eigenvalue weighted by Crippen LogP contribution is -2.52. The third-order valence-electron chi connectivity index (χ3n) is 18.0. The Bertz CT molecular complexity index is 4580. The Hall–Kier alpha value is -10.8. The number of anilines is 1. The highest BCUT2D eigenvalue weighted by atomic mass is 35.5. The van der Waals surface area contributed by atoms with Crippen LogP contribution in [0.2, 0.25) is 5.15 Å². The maximum Gasteiger partial charge on any atom is 0.434 e. The van der Waals surface area contributed by atoms with Crippen LogP contribution in [0.5, 0.6) is 0 Å². The normalized spacial score (nSPS) is 19.1. The van der Waals surface area contributed by atoms with E-state index in [1.165, 1.54) is 69.7 Å². The van der Waals surface area contributed by atoms with Gasteiger partial charge in [0.15, 0.2) is 34.3 Å². The summed E-state index contributed by atoms with van der Waals surface area (Å²) in [5.74, 6) is 1.23. The minimum atomic E-state index is -4.55. The number of piperazine rings is 1. The highest BCUT2D eigenvalue weighted by molar-refractivity contribution is 6.29. The number of alkyl halides is 6. The van der Waals surface area contributed by atoms with Crippen molar-refractivity contribution in [1.82, 2.24) is 104 Å². The second kappa shape index (κ2) is 28.1. The average molecular weight is 1360 g/mol. The lowest BCUT2D eigenvalue weighted by molar-refractivity contribution is -0.142. The molecule has 0 aliphatic carbocycles. The summed E-state index contributed by atoms with van der Waals surface area (Å²) in [6, 6.07) is 25.0. The number of carbonyl (C=O) groups excluding carboxylic acids is 1. The van der Waals surface area contributed by atoms with Crippen molar-refractivity contribution in [2.24, 2.45) is 0 Å². The first kappa shape index (κ1) is 64.6. The Morgan fingerprint density at radius 2 is 1.23 bits per heavy atom. The number of amides is 1. The zero-order valence-electron chi connectivity index (χ0n) is 52.5. The number of ether oxygens (including phenoxy) is 1. The number of fused-ring (bicyclic) bond motifs is 5. The second-order valence-corrected chi connectivity index (χ2v) is 24.6. The fourth-order valence-electron chi connectivity index (χ4n) is 13.3. The van der Waals surface area contributed by atoms with Crippen molar-refractivity contribution in [2.75, 3.05) is 50.7 Å². The van der Waals surface area contributed by atoms with Crippen LogP contribution in [0.4, 0.5) is 37.0 Å². The molecule has 17 rings (SSSR count). The molecule has 9 aromatic heterocycles. The average Bonchev–Trinajstić information content (AvgIpc) is 1.59. The maximum atomic E-state index is 13.2. The molecule has 4 atom stereocenters. The summed E-state index contributed by atoms with van der Waals surface area (Å²) in [5, 5.41) is 22.0. The zero-order valence-corrected chi connectivity index (χ0v) is 53.3. The lowest BCUT2D eigenvalue weighted by Gasteiger charge is -2.44. The SMILES string of the molecule is C1=C(c2cn[nH]c2)N2CCCC2CN1.FC(F)(F)c1cn2c(-c3nccc(Cl)n3)cnc2cn1.FC(F)(F)c1cn2c(-c3nccc(N4CC(c5cn[nH]c5)N5CCC[C@H]5C4)n3)cnc2cn1.O=C(OCc1ccccc1)N1C=C(c2cnn(Cc3ccccc3)c2)N2CCCC2C1. The summed E-state index contributed by atoms with van der Waals surface area (Å²) >= 11 is 5.74. The zero-order chi connectivity index (χ0) is 67.3. The van der Waals surface area contributed by atoms with Crippen molar-refractivity contribution in [3.05, 3.63) is 216 Å². The molecule has 31 heteroatoms. The summed E-state index contributed by atoms with van der Waals surface area (Å²) in [7, 11) is 0. The molecule has 6 aliphatic heterocycles. The van der Waals surface area contributed by atoms with E-state index < -0.39 is 23.7 Å². The highest BCUT2D eigenvalue weighted by Gasteiger charge is 2.40. The Labute approximate surface area is 561 Å². The maximum absolute atomic E-state index is 13.2. The smallest absolute Gasteiger partial charge is 0.434 e. The predicted octanol–water partition coefficient (Wildman–Crippen LogP) is 10.9. The first-order valence-corrected chi connectivity index (χ1v) is 32.4. The number of rotatable bonds is 10. The number of H-pyrrole nitrogens is 2. The molecule has 0 radical (unpaired) electrons. The number of benzene rings is 2. The monoisotopic (exact) mass is 1360 g/mol. The fraction of sp³-hybridized carbons (Fsp3) is 0.313. The number of nitrogens with zero attached hydrogens (tertiary/aromatic N) is 19. The van der Waals surface area contributed by atoms with Gasteiger partial charge >= 0.3 is 18.4 Å². The van der Waals surface area contributed by atoms with Gasteiger partial charge in [0.1, 0.15) is 29.0 Å². The number of hydrogen-bond donors (Lipinski definition) is 3. The van der Waals surface area contributed by atoms with Crippen LogP contribution in [0.25, 0.3) is 45.7 Å². The summed E-state index contributed by atoms with van der Waals surface area (Å²) in [6.45, 7) is 7.57. The van der Waals surface area contributed by atoms with Crippen molar-refractivity contribution in [3.8, 4) is 23.0 Å². The minimum Gasteiger partial charge on any atom is -0.444 e. The molecule has 3 unspecified atom stereocenters. The molecule has 1 amide bonds. The molecule has 15 heterocycles. The molecule has 0 saturated carbocycles. The van der Waals surface area contributed by atoms with Crippen molar-refractivity contribution >= 4 is 46.2 Å². The molecule has 24 nitrogen and oxygen atoms in total. The third kappa shape index (κ3) is 14.4. The van der Waals surface area contributed by atoms with Gasteiger partial charge in [0.25, 0.3) is 0 Å². The van der Waals surface area contributed by atoms with Crippen molar-refractivity contribution in [1.29, 1.82) is 0 Å². The largest absolute Gasteiger partial charge is 0.444 e. The highest BCUT2D eigenvalue weighted by Crippen LogP contribution is 2.38. The molecule has 11 aromatic rings. The van der Waals surface area contributed by atoms with Gasteiger partial charge in [0.05, 0.1) is 67.4 Å². The Kier molecular flexibility index (Phi) is 18.5. The predicted molar refractivity (Wildman–Crippen MR) is 349 cm³/mol. The number of carbonyl (C=O) groups is 1. The molecule has 0 bridgehead atoms. The van der Waals surface area contributed by atoms with Crippen molar-refractivity contribution < 1.29 is 35.9 Å². The Morgan fingerprint density at radius 3 is 1.90 bits per heavy atom. The van der Waals surface area contributed by atoms with Crippen LogP contribution in [0.1, 0.15) is 83.8 Å². The Morgan fingerprint density at radius 1 is 0.602 bits per heavy atom. The minimum absolute atomic E-state index is 0.185. The molecular formula is C67H65ClF6N22O2. The van der Waals surface area contributed by atoms with E-state index in [4.69, 9.17) is 21.3 Å². The molecule has 98 heavy (non-hydrogen) atoms. The molecule has 2 aromatic carbocycles. The van der Waals surface area contributed by atoms with Crippen LogP contribution in [0.3, 0.4) is 0 Å². The van der Waals surface area contributed by atoms with E-state index in [2.05, 4.69) is 110 Å². The van der Waals surface area contributed by atoms with Gasteiger partial charge in [-0.15, -0.1) is 0 Å². The summed E-state index contributed by atoms with van der Waals surface area (Å²) in [4.78, 5) is 56.1. The lowest BCUT2D eigenvalue weighted by atomic mass is 10.0. The standard InChI is InChI=1S/C25H26N4O2.C21H20F3N9.C11H5ClF3N5.C10H14N4/c30-25(31-19-21-10-5-2-6-11-21)27-17-23-12-7-13-29(23)24(18-27)22-14-26-28(16-22)15-20-8-3-1-4-9-20;22-21(23,24)17-12-33-15(8-27-19(33)9-26-17)20-25-4-3-18(30-20)31-10-14-2-1-5-32(14)16(11-31)13-6-28-29-7-13;12-8-1-2-16-10(19-8)6-3-18-9-4-17-7(5-20(6)9)11(13,14)15;1-2-9-6-11-7-10(14(9)3-1)8-4-12-13-5-8/h1-6,8-11,14,16,18,23H,7,12-13,15,17,19H2;3-4,6-9,12,14,16H,1-2,5,10-11H2,(H,28,29);1-5H;4-5,7,9,11H,1-3,6H2,(H,12,13)/t;14-,16?;;/m.0../s1. The van der Waals surface area contributed by atoms with E-state index in [1.807, 2.05) is 96.5 Å². The fourth-order valence-corrected chi connectivity index (χ4v) is 13.4. The van der Waals surface area contributed by atoms with E-state index in [9.17, 15) is 31.1 Å². The van der Waals surface area contributed by atoms with E-state index >= 15 is 0 Å². The first-order valence-electron chi connectivity index (χ1n) is 32.0. The quantitative estimate of drug-likeness (QED) is 0.0851. The van der Waals surface area contributed by atoms with E-state index in [0.717, 1.165) is 118 Å². The topological polar surface area (TPSA) is 242 Å². The van der Waals surface area contributed by atoms with Gasteiger partial charge in [-0.05, 0) is 68.3 Å². The van der Waals surface area contributed by atoms with Crippen LogP contribution in [0, 0.1) is 0 Å². The molecule has 4 fully saturated rings. The number of halogens is 7. The van der Waals surface area contributed by atoms with Crippen LogP contribution >= 0.6 is 11.6 Å². The van der Waals surface area contributed by atoms with Gasteiger partial charge in [-0.2, -0.15) is 41.6 Å². The summed E-state index contributed by atoms with van der Waals surface area (Å²) in [5.41, 5.74) is 7.10. The van der Waals surface area contributed by atoms with Gasteiger partial charge in [0, 0.05) is 130 Å². The molecular weight excluding hydrogens is 1290 g/mol. The first-order chi connectivity index (χ1) is 47.6. The molecule has 4 saturated heterocycles. The van der Waals surface area contributed by atoms with Crippen molar-refractivity contribution in [2.45, 2.75) is 88.2 Å². The van der Waals surface area contributed by atoms with Gasteiger partial charge in [-0.3, -0.25) is 33.5 Å². The number of aromatic amines is 2. The van der Waals surface area contributed by atoms with Gasteiger partial charge in [0.2, 0.25) is 0 Å². The van der Waals surface area contributed by atoms with Gasteiger partial charge < -0.3 is 24.8 Å². The van der Waals surface area contributed by atoms with E-state index in [-0.39, 0.29) is 35.4 Å².